The smallest absolute Gasteiger partial charge is 0.335 e. The third-order valence-corrected chi connectivity index (χ3v) is 5.80. The van der Waals surface area contributed by atoms with Crippen molar-refractivity contribution >= 4 is 17.6 Å². The number of allylic oxidation sites excluding steroid dienone is 1. The Morgan fingerprint density at radius 3 is 2.26 bits per heavy atom. The Hall–Kier alpha value is -4.06. The lowest BCUT2D eigenvalue weighted by Gasteiger charge is -2.11. The molecule has 34 heavy (non-hydrogen) atoms. The molecule has 0 unspecified atom stereocenters. The fourth-order valence-corrected chi connectivity index (χ4v) is 3.88. The molecule has 0 atom stereocenters. The normalized spacial score (nSPS) is 11.6. The van der Waals surface area contributed by atoms with Crippen LogP contribution in [0.1, 0.15) is 38.3 Å². The Morgan fingerprint density at radius 2 is 1.65 bits per heavy atom. The Bertz CT molecular complexity index is 1320. The molecule has 0 aliphatic heterocycles. The first-order valence-electron chi connectivity index (χ1n) is 10.9. The number of carbonyl (C=O) groups is 1. The molecule has 0 amide bonds. The van der Waals surface area contributed by atoms with E-state index in [1.54, 1.807) is 42.9 Å². The fraction of sp³-hybridized carbons (Fsp3) is 0.143. The van der Waals surface area contributed by atoms with Crippen LogP contribution in [0.5, 0.6) is 0 Å². The zero-order chi connectivity index (χ0) is 24.1. The first kappa shape index (κ1) is 23.1. The van der Waals surface area contributed by atoms with Crippen LogP contribution in [0.3, 0.4) is 0 Å². The first-order chi connectivity index (χ1) is 16.4. The van der Waals surface area contributed by atoms with Gasteiger partial charge in [-0.15, -0.1) is 0 Å². The Balaban J connectivity index is 1.65. The van der Waals surface area contributed by atoms with E-state index >= 15 is 0 Å². The van der Waals surface area contributed by atoms with Gasteiger partial charge in [-0.1, -0.05) is 42.5 Å². The van der Waals surface area contributed by atoms with Crippen LogP contribution in [0.4, 0.5) is 8.78 Å². The van der Waals surface area contributed by atoms with E-state index in [1.165, 1.54) is 24.3 Å². The summed E-state index contributed by atoms with van der Waals surface area (Å²) in [5.41, 5.74) is 5.36. The van der Waals surface area contributed by atoms with Crippen LogP contribution < -0.4 is 0 Å². The summed E-state index contributed by atoms with van der Waals surface area (Å²) in [4.78, 5) is 16.2. The number of aromatic nitrogens is 2. The largest absolute Gasteiger partial charge is 0.478 e. The SMILES string of the molecule is Cn1cncc1C/C(=C/c1ccc(CCc2ccc(F)cc2)c(C(=O)O)c1)c1ccc(F)cc1. The van der Waals surface area contributed by atoms with Gasteiger partial charge in [0.05, 0.1) is 11.9 Å². The molecule has 0 radical (unpaired) electrons. The highest BCUT2D eigenvalue weighted by Crippen LogP contribution is 2.25. The molecule has 1 heterocycles. The monoisotopic (exact) mass is 458 g/mol. The van der Waals surface area contributed by atoms with Gasteiger partial charge in [-0.25, -0.2) is 18.6 Å². The quantitative estimate of drug-likeness (QED) is 0.331. The number of rotatable bonds is 8. The lowest BCUT2D eigenvalue weighted by atomic mass is 9.94. The molecule has 0 aliphatic carbocycles. The number of aryl methyl sites for hydroxylation is 3. The first-order valence-corrected chi connectivity index (χ1v) is 10.9. The minimum absolute atomic E-state index is 0.231. The number of hydrogen-bond acceptors (Lipinski definition) is 2. The van der Waals surface area contributed by atoms with Crippen molar-refractivity contribution in [1.29, 1.82) is 0 Å². The molecular formula is C28H24F2N2O2. The standard InChI is InChI=1S/C28H24F2N2O2/c1-32-18-31-17-26(32)16-23(21-8-12-25(30)13-9-21)14-20-3-7-22(27(15-20)28(33)34)6-2-19-4-10-24(29)11-5-19/h3-5,7-15,17-18H,2,6,16H2,1H3,(H,33,34)/b23-14-. The molecule has 1 aromatic heterocycles. The summed E-state index contributed by atoms with van der Waals surface area (Å²) in [6.07, 6.45) is 7.11. The second kappa shape index (κ2) is 10.3. The van der Waals surface area contributed by atoms with Crippen molar-refractivity contribution in [3.63, 3.8) is 0 Å². The van der Waals surface area contributed by atoms with Gasteiger partial charge in [0.25, 0.3) is 0 Å². The number of imidazole rings is 1. The molecular weight excluding hydrogens is 434 g/mol. The molecule has 6 heteroatoms. The van der Waals surface area contributed by atoms with Crippen molar-refractivity contribution < 1.29 is 18.7 Å². The summed E-state index contributed by atoms with van der Waals surface area (Å²) in [7, 11) is 1.91. The molecule has 4 rings (SSSR count). The van der Waals surface area contributed by atoms with Crippen molar-refractivity contribution in [3.05, 3.63) is 124 Å². The molecule has 1 N–H and O–H groups in total. The van der Waals surface area contributed by atoms with Crippen LogP contribution in [0.15, 0.2) is 79.3 Å². The second-order valence-electron chi connectivity index (χ2n) is 8.20. The van der Waals surface area contributed by atoms with Crippen LogP contribution in [-0.4, -0.2) is 20.6 Å². The van der Waals surface area contributed by atoms with E-state index < -0.39 is 5.97 Å². The molecule has 0 bridgehead atoms. The van der Waals surface area contributed by atoms with E-state index in [0.29, 0.717) is 24.8 Å². The van der Waals surface area contributed by atoms with Gasteiger partial charge in [-0.05, 0) is 71.0 Å². The zero-order valence-electron chi connectivity index (χ0n) is 18.7. The predicted molar refractivity (Wildman–Crippen MR) is 128 cm³/mol. The summed E-state index contributed by atoms with van der Waals surface area (Å²) >= 11 is 0. The highest BCUT2D eigenvalue weighted by atomic mass is 19.1. The molecule has 4 aromatic rings. The molecule has 0 saturated carbocycles. The highest BCUT2D eigenvalue weighted by molar-refractivity contribution is 5.91. The van der Waals surface area contributed by atoms with E-state index in [2.05, 4.69) is 4.98 Å². The molecule has 0 spiro atoms. The Kier molecular flexibility index (Phi) is 6.97. The van der Waals surface area contributed by atoms with Crippen molar-refractivity contribution in [2.75, 3.05) is 0 Å². The summed E-state index contributed by atoms with van der Waals surface area (Å²) in [5, 5.41) is 9.83. The van der Waals surface area contributed by atoms with Crippen molar-refractivity contribution in [2.45, 2.75) is 19.3 Å². The van der Waals surface area contributed by atoms with Gasteiger partial charge in [-0.2, -0.15) is 0 Å². The van der Waals surface area contributed by atoms with Crippen molar-refractivity contribution in [3.8, 4) is 0 Å². The van der Waals surface area contributed by atoms with Gasteiger partial charge in [0.2, 0.25) is 0 Å². The van der Waals surface area contributed by atoms with E-state index in [9.17, 15) is 18.7 Å². The van der Waals surface area contributed by atoms with Gasteiger partial charge in [-0.3, -0.25) is 0 Å². The van der Waals surface area contributed by atoms with E-state index in [0.717, 1.165) is 28.0 Å². The summed E-state index contributed by atoms with van der Waals surface area (Å²) in [5.74, 6) is -1.61. The molecule has 0 fully saturated rings. The third kappa shape index (κ3) is 5.64. The number of nitrogens with zero attached hydrogens (tertiary/aromatic N) is 2. The van der Waals surface area contributed by atoms with E-state index in [1.807, 2.05) is 29.8 Å². The van der Waals surface area contributed by atoms with Crippen LogP contribution in [0.25, 0.3) is 11.6 Å². The molecule has 3 aromatic carbocycles. The number of halogens is 2. The molecule has 4 nitrogen and oxygen atoms in total. The minimum Gasteiger partial charge on any atom is -0.478 e. The van der Waals surface area contributed by atoms with Gasteiger partial charge in [0, 0.05) is 25.4 Å². The van der Waals surface area contributed by atoms with Gasteiger partial charge in [0.15, 0.2) is 0 Å². The minimum atomic E-state index is -1.00. The predicted octanol–water partition coefficient (Wildman–Crippen LogP) is 5.97. The average molecular weight is 459 g/mol. The maximum Gasteiger partial charge on any atom is 0.335 e. The number of carboxylic acid groups (broad SMARTS) is 1. The summed E-state index contributed by atoms with van der Waals surface area (Å²) in [6, 6.07) is 17.8. The summed E-state index contributed by atoms with van der Waals surface area (Å²) < 4.78 is 28.6. The highest BCUT2D eigenvalue weighted by Gasteiger charge is 2.13. The van der Waals surface area contributed by atoms with Crippen molar-refractivity contribution in [2.24, 2.45) is 7.05 Å². The van der Waals surface area contributed by atoms with Gasteiger partial charge >= 0.3 is 5.97 Å². The average Bonchev–Trinajstić information content (AvgIpc) is 3.23. The van der Waals surface area contributed by atoms with Gasteiger partial charge in [0.1, 0.15) is 11.6 Å². The fourth-order valence-electron chi connectivity index (χ4n) is 3.88. The Morgan fingerprint density at radius 1 is 0.971 bits per heavy atom. The Labute approximate surface area is 196 Å². The van der Waals surface area contributed by atoms with Crippen molar-refractivity contribution in [1.82, 2.24) is 9.55 Å². The van der Waals surface area contributed by atoms with Crippen LogP contribution in [0, 0.1) is 11.6 Å². The van der Waals surface area contributed by atoms with Gasteiger partial charge < -0.3 is 9.67 Å². The molecule has 172 valence electrons. The second-order valence-corrected chi connectivity index (χ2v) is 8.20. The lowest BCUT2D eigenvalue weighted by molar-refractivity contribution is 0.0695. The third-order valence-electron chi connectivity index (χ3n) is 5.80. The lowest BCUT2D eigenvalue weighted by Crippen LogP contribution is -2.05. The van der Waals surface area contributed by atoms with E-state index in [4.69, 9.17) is 0 Å². The molecule has 0 saturated heterocycles. The summed E-state index contributed by atoms with van der Waals surface area (Å²) in [6.45, 7) is 0. The maximum atomic E-state index is 13.5. The van der Waals surface area contributed by atoms with E-state index in [-0.39, 0.29) is 17.2 Å². The number of hydrogen-bond donors (Lipinski definition) is 1. The van der Waals surface area contributed by atoms with Crippen LogP contribution in [-0.2, 0) is 26.3 Å². The maximum absolute atomic E-state index is 13.5. The number of benzene rings is 3. The number of carboxylic acids is 1. The van der Waals surface area contributed by atoms with Crippen LogP contribution in [0.2, 0.25) is 0 Å². The topological polar surface area (TPSA) is 55.1 Å². The number of aromatic carboxylic acids is 1. The van der Waals surface area contributed by atoms with Crippen LogP contribution >= 0.6 is 0 Å². The zero-order valence-corrected chi connectivity index (χ0v) is 18.7. The molecule has 0 aliphatic rings.